The molecule has 0 spiro atoms. The number of carbonyl (C=O) groups excluding carboxylic acids is 1. The molecule has 1 amide bonds. The summed E-state index contributed by atoms with van der Waals surface area (Å²) >= 11 is 14.6. The second-order valence-corrected chi connectivity index (χ2v) is 5.18. The fourth-order valence-electron chi connectivity index (χ4n) is 1.27. The van der Waals surface area contributed by atoms with Gasteiger partial charge in [0.2, 0.25) is 0 Å². The zero-order chi connectivity index (χ0) is 13.4. The Bertz CT molecular complexity index is 402. The highest BCUT2D eigenvalue weighted by Gasteiger charge is 2.06. The Balaban J connectivity index is 2.30. The zero-order valence-corrected chi connectivity index (χ0v) is 12.8. The Hall–Kier alpha value is -0.290. The SMILES string of the molecule is O=C(NCCCOCCCl)c1ccc(Cl)c(Br)c1. The van der Waals surface area contributed by atoms with E-state index in [9.17, 15) is 4.79 Å². The molecule has 1 aromatic rings. The summed E-state index contributed by atoms with van der Waals surface area (Å²) in [6.45, 7) is 1.71. The second-order valence-electron chi connectivity index (χ2n) is 3.54. The fraction of sp³-hybridized carbons (Fsp3) is 0.417. The van der Waals surface area contributed by atoms with Crippen molar-refractivity contribution in [2.45, 2.75) is 6.42 Å². The third-order valence-corrected chi connectivity index (χ3v) is 3.52. The van der Waals surface area contributed by atoms with E-state index in [2.05, 4.69) is 21.2 Å². The van der Waals surface area contributed by atoms with E-state index in [1.54, 1.807) is 18.2 Å². The van der Waals surface area contributed by atoms with Gasteiger partial charge in [-0.1, -0.05) is 11.6 Å². The lowest BCUT2D eigenvalue weighted by Gasteiger charge is -2.06. The highest BCUT2D eigenvalue weighted by Crippen LogP contribution is 2.23. The lowest BCUT2D eigenvalue weighted by molar-refractivity contribution is 0.0944. The zero-order valence-electron chi connectivity index (χ0n) is 9.72. The summed E-state index contributed by atoms with van der Waals surface area (Å²) in [6, 6.07) is 5.07. The van der Waals surface area contributed by atoms with E-state index >= 15 is 0 Å². The molecule has 0 bridgehead atoms. The number of hydrogen-bond acceptors (Lipinski definition) is 2. The maximum Gasteiger partial charge on any atom is 0.251 e. The van der Waals surface area contributed by atoms with Gasteiger partial charge in [0.15, 0.2) is 0 Å². The van der Waals surface area contributed by atoms with E-state index in [1.165, 1.54) is 0 Å². The van der Waals surface area contributed by atoms with Crippen molar-refractivity contribution in [2.24, 2.45) is 0 Å². The molecule has 0 saturated heterocycles. The molecule has 0 aliphatic carbocycles. The third-order valence-electron chi connectivity index (χ3n) is 2.15. The number of nitrogens with one attached hydrogen (secondary N) is 1. The van der Waals surface area contributed by atoms with Crippen LogP contribution in [-0.4, -0.2) is 31.5 Å². The predicted molar refractivity (Wildman–Crippen MR) is 77.6 cm³/mol. The van der Waals surface area contributed by atoms with E-state index in [0.29, 0.717) is 40.7 Å². The second kappa shape index (κ2) is 8.75. The molecule has 1 N–H and O–H groups in total. The van der Waals surface area contributed by atoms with Crippen LogP contribution in [-0.2, 0) is 4.74 Å². The van der Waals surface area contributed by atoms with Crippen molar-refractivity contribution >= 4 is 45.0 Å². The average Bonchev–Trinajstić information content (AvgIpc) is 2.36. The minimum atomic E-state index is -0.121. The van der Waals surface area contributed by atoms with Crippen molar-refractivity contribution in [2.75, 3.05) is 25.6 Å². The molecular weight excluding hydrogens is 341 g/mol. The molecule has 0 aliphatic heterocycles. The van der Waals surface area contributed by atoms with Gasteiger partial charge in [0.1, 0.15) is 0 Å². The standard InChI is InChI=1S/C12H14BrCl2NO2/c13-10-8-9(2-3-11(10)15)12(17)16-5-1-6-18-7-4-14/h2-3,8H,1,4-7H2,(H,16,17). The van der Waals surface area contributed by atoms with E-state index in [4.69, 9.17) is 27.9 Å². The van der Waals surface area contributed by atoms with Crippen molar-refractivity contribution in [3.05, 3.63) is 33.3 Å². The number of ether oxygens (including phenoxy) is 1. The molecule has 1 aromatic carbocycles. The molecule has 0 atom stereocenters. The number of rotatable bonds is 7. The van der Waals surface area contributed by atoms with Gasteiger partial charge in [-0.15, -0.1) is 11.6 Å². The first-order valence-electron chi connectivity index (χ1n) is 5.52. The maximum absolute atomic E-state index is 11.8. The van der Waals surface area contributed by atoms with Crippen LogP contribution in [0.2, 0.25) is 5.02 Å². The highest BCUT2D eigenvalue weighted by molar-refractivity contribution is 9.10. The molecule has 100 valence electrons. The van der Waals surface area contributed by atoms with Crippen LogP contribution >= 0.6 is 39.1 Å². The van der Waals surface area contributed by atoms with Crippen LogP contribution in [0.3, 0.4) is 0 Å². The van der Waals surface area contributed by atoms with Gasteiger partial charge in [0.05, 0.1) is 11.6 Å². The van der Waals surface area contributed by atoms with Gasteiger partial charge < -0.3 is 10.1 Å². The lowest BCUT2D eigenvalue weighted by atomic mass is 10.2. The molecule has 0 heterocycles. The average molecular weight is 355 g/mol. The first kappa shape index (κ1) is 15.8. The Kier molecular flexibility index (Phi) is 7.66. The monoisotopic (exact) mass is 353 g/mol. The molecule has 3 nitrogen and oxygen atoms in total. The van der Waals surface area contributed by atoms with E-state index in [-0.39, 0.29) is 5.91 Å². The summed E-state index contributed by atoms with van der Waals surface area (Å²) in [5.74, 6) is 0.371. The third kappa shape index (κ3) is 5.57. The fourth-order valence-corrected chi connectivity index (χ4v) is 1.88. The summed E-state index contributed by atoms with van der Waals surface area (Å²) in [5, 5.41) is 3.39. The Morgan fingerprint density at radius 3 is 2.83 bits per heavy atom. The van der Waals surface area contributed by atoms with Crippen LogP contribution in [0.15, 0.2) is 22.7 Å². The van der Waals surface area contributed by atoms with Gasteiger partial charge in [-0.2, -0.15) is 0 Å². The quantitative estimate of drug-likeness (QED) is 0.601. The molecule has 0 unspecified atom stereocenters. The molecule has 0 aromatic heterocycles. The van der Waals surface area contributed by atoms with Crippen LogP contribution < -0.4 is 5.32 Å². The van der Waals surface area contributed by atoms with Gasteiger partial charge >= 0.3 is 0 Å². The highest BCUT2D eigenvalue weighted by atomic mass is 79.9. The predicted octanol–water partition coefficient (Wildman–Crippen LogP) is 3.48. The molecule has 6 heteroatoms. The maximum atomic E-state index is 11.8. The van der Waals surface area contributed by atoms with Crippen molar-refractivity contribution in [1.29, 1.82) is 0 Å². The van der Waals surface area contributed by atoms with Gasteiger partial charge in [-0.3, -0.25) is 4.79 Å². The molecule has 0 radical (unpaired) electrons. The van der Waals surface area contributed by atoms with Gasteiger partial charge in [0.25, 0.3) is 5.91 Å². The van der Waals surface area contributed by atoms with Crippen LogP contribution in [0, 0.1) is 0 Å². The van der Waals surface area contributed by atoms with Crippen LogP contribution in [0.4, 0.5) is 0 Å². The number of carbonyl (C=O) groups is 1. The Morgan fingerprint density at radius 2 is 2.17 bits per heavy atom. The summed E-state index contributed by atoms with van der Waals surface area (Å²) in [4.78, 5) is 11.8. The van der Waals surface area contributed by atoms with Crippen LogP contribution in [0.25, 0.3) is 0 Å². The van der Waals surface area contributed by atoms with Crippen molar-refractivity contribution in [3.8, 4) is 0 Å². The van der Waals surface area contributed by atoms with Crippen molar-refractivity contribution in [1.82, 2.24) is 5.32 Å². The van der Waals surface area contributed by atoms with Gasteiger partial charge in [-0.25, -0.2) is 0 Å². The Morgan fingerprint density at radius 1 is 1.39 bits per heavy atom. The van der Waals surface area contributed by atoms with Crippen molar-refractivity contribution in [3.63, 3.8) is 0 Å². The largest absolute Gasteiger partial charge is 0.380 e. The van der Waals surface area contributed by atoms with E-state index < -0.39 is 0 Å². The normalized spacial score (nSPS) is 10.4. The molecule has 18 heavy (non-hydrogen) atoms. The number of halogens is 3. The summed E-state index contributed by atoms with van der Waals surface area (Å²) in [6.07, 6.45) is 0.761. The van der Waals surface area contributed by atoms with Gasteiger partial charge in [0, 0.05) is 29.1 Å². The number of amides is 1. The lowest BCUT2D eigenvalue weighted by Crippen LogP contribution is -2.25. The summed E-state index contributed by atoms with van der Waals surface area (Å²) in [7, 11) is 0. The topological polar surface area (TPSA) is 38.3 Å². The minimum Gasteiger partial charge on any atom is -0.380 e. The summed E-state index contributed by atoms with van der Waals surface area (Å²) in [5.41, 5.74) is 0.577. The smallest absolute Gasteiger partial charge is 0.251 e. The molecular formula is C12H14BrCl2NO2. The van der Waals surface area contributed by atoms with E-state index in [1.807, 2.05) is 0 Å². The molecule has 0 saturated carbocycles. The molecule has 0 fully saturated rings. The van der Waals surface area contributed by atoms with E-state index in [0.717, 1.165) is 6.42 Å². The van der Waals surface area contributed by atoms with Crippen LogP contribution in [0.5, 0.6) is 0 Å². The first-order valence-corrected chi connectivity index (χ1v) is 7.22. The Labute approximate surface area is 125 Å². The first-order chi connectivity index (χ1) is 8.65. The summed E-state index contributed by atoms with van der Waals surface area (Å²) < 4.78 is 5.91. The minimum absolute atomic E-state index is 0.121. The number of hydrogen-bond donors (Lipinski definition) is 1. The number of alkyl halides is 1. The van der Waals surface area contributed by atoms with Gasteiger partial charge in [-0.05, 0) is 40.5 Å². The van der Waals surface area contributed by atoms with Crippen LogP contribution in [0.1, 0.15) is 16.8 Å². The number of benzene rings is 1. The molecule has 0 aliphatic rings. The molecule has 1 rings (SSSR count). The van der Waals surface area contributed by atoms with Crippen molar-refractivity contribution < 1.29 is 9.53 Å².